The van der Waals surface area contributed by atoms with Crippen LogP contribution in [0.25, 0.3) is 0 Å². The van der Waals surface area contributed by atoms with E-state index in [0.717, 1.165) is 0 Å². The fraction of sp³-hybridized carbons (Fsp3) is 0.647. The first-order valence-corrected chi connectivity index (χ1v) is 8.03. The molecule has 1 aliphatic rings. The van der Waals surface area contributed by atoms with Gasteiger partial charge in [-0.3, -0.25) is 14.9 Å². The molecule has 0 radical (unpaired) electrons. The van der Waals surface area contributed by atoms with Crippen LogP contribution in [0.2, 0.25) is 0 Å². The van der Waals surface area contributed by atoms with Gasteiger partial charge in [0.25, 0.3) is 0 Å². The highest BCUT2D eigenvalue weighted by atomic mass is 16.4. The maximum atomic E-state index is 11.6. The molecule has 0 spiro atoms. The van der Waals surface area contributed by atoms with Crippen LogP contribution in [-0.4, -0.2) is 45.8 Å². The van der Waals surface area contributed by atoms with Crippen molar-refractivity contribution >= 4 is 11.9 Å². The van der Waals surface area contributed by atoms with E-state index >= 15 is 0 Å². The maximum absolute atomic E-state index is 11.6. The van der Waals surface area contributed by atoms with Gasteiger partial charge >= 0.3 is 5.97 Å². The zero-order valence-corrected chi connectivity index (χ0v) is 14.1. The number of allylic oxidation sites excluding steroid dienone is 1. The lowest BCUT2D eigenvalue weighted by atomic mass is 9.80. The van der Waals surface area contributed by atoms with Crippen LogP contribution in [0, 0.1) is 5.92 Å². The normalized spacial score (nSPS) is 28.3. The summed E-state index contributed by atoms with van der Waals surface area (Å²) in [6.45, 7) is 8.90. The first-order valence-electron chi connectivity index (χ1n) is 8.03. The number of hydrogen-bond acceptors (Lipinski definition) is 4. The van der Waals surface area contributed by atoms with Crippen LogP contribution in [0.5, 0.6) is 0 Å². The Balaban J connectivity index is 3.19. The third-order valence-electron chi connectivity index (χ3n) is 4.36. The van der Waals surface area contributed by atoms with Gasteiger partial charge in [-0.05, 0) is 25.7 Å². The lowest BCUT2D eigenvalue weighted by molar-refractivity contribution is -0.139. The molecule has 23 heavy (non-hydrogen) atoms. The summed E-state index contributed by atoms with van der Waals surface area (Å²) in [6.07, 6.45) is 6.79. The van der Waals surface area contributed by atoms with Crippen LogP contribution in [0.1, 0.15) is 40.0 Å². The second-order valence-electron chi connectivity index (χ2n) is 6.13. The van der Waals surface area contributed by atoms with Crippen LogP contribution >= 0.6 is 0 Å². The van der Waals surface area contributed by atoms with Crippen molar-refractivity contribution in [2.45, 2.75) is 63.8 Å². The summed E-state index contributed by atoms with van der Waals surface area (Å²) >= 11 is 0. The molecule has 1 fully saturated rings. The van der Waals surface area contributed by atoms with Crippen LogP contribution in [0.15, 0.2) is 24.8 Å². The van der Waals surface area contributed by atoms with E-state index in [1.54, 1.807) is 0 Å². The molecule has 1 amide bonds. The highest BCUT2D eigenvalue weighted by Gasteiger charge is 2.47. The topological polar surface area (TPSA) is 98.7 Å². The molecule has 1 saturated heterocycles. The molecule has 1 heterocycles. The van der Waals surface area contributed by atoms with E-state index in [4.69, 9.17) is 0 Å². The molecule has 1 rings (SSSR count). The summed E-state index contributed by atoms with van der Waals surface area (Å²) in [4.78, 5) is 23.0. The molecular weight excluding hydrogens is 296 g/mol. The Kier molecular flexibility index (Phi) is 6.97. The summed E-state index contributed by atoms with van der Waals surface area (Å²) in [7, 11) is 0. The van der Waals surface area contributed by atoms with E-state index in [2.05, 4.69) is 17.2 Å². The van der Waals surface area contributed by atoms with Gasteiger partial charge in [-0.2, -0.15) is 0 Å². The lowest BCUT2D eigenvalue weighted by Crippen LogP contribution is -2.62. The van der Waals surface area contributed by atoms with E-state index in [0.29, 0.717) is 19.3 Å². The summed E-state index contributed by atoms with van der Waals surface area (Å²) < 4.78 is 0. The van der Waals surface area contributed by atoms with Gasteiger partial charge in [0.15, 0.2) is 0 Å². The average molecular weight is 324 g/mol. The maximum Gasteiger partial charge on any atom is 0.320 e. The van der Waals surface area contributed by atoms with Crippen molar-refractivity contribution in [2.24, 2.45) is 5.92 Å². The molecule has 0 aromatic rings. The minimum absolute atomic E-state index is 0.0960. The van der Waals surface area contributed by atoms with Crippen LogP contribution in [-0.2, 0) is 9.59 Å². The molecule has 5 atom stereocenters. The summed E-state index contributed by atoms with van der Waals surface area (Å²) in [6, 6.07) is -1.73. The van der Waals surface area contributed by atoms with Gasteiger partial charge in [0.1, 0.15) is 11.6 Å². The van der Waals surface area contributed by atoms with Crippen molar-refractivity contribution in [3.05, 3.63) is 24.8 Å². The van der Waals surface area contributed by atoms with E-state index in [1.807, 2.05) is 26.0 Å². The molecule has 6 nitrogen and oxygen atoms in total. The van der Waals surface area contributed by atoms with Gasteiger partial charge in [-0.1, -0.05) is 31.6 Å². The number of carbonyl (C=O) groups excluding carboxylic acids is 1. The SMILES string of the molecule is C=C[C@](O)(CCC)[C@H](NC(C)=O)[C@@H]1N[C@@H](C(=O)O)C[C@H]1/C=C\C. The summed E-state index contributed by atoms with van der Waals surface area (Å²) in [5.41, 5.74) is -1.30. The van der Waals surface area contributed by atoms with Crippen molar-refractivity contribution in [3.8, 4) is 0 Å². The number of aliphatic hydroxyl groups is 1. The highest BCUT2D eigenvalue weighted by Crippen LogP contribution is 2.31. The molecule has 0 aromatic heterocycles. The number of aliphatic carboxylic acids is 1. The Morgan fingerprint density at radius 3 is 2.61 bits per heavy atom. The lowest BCUT2D eigenvalue weighted by Gasteiger charge is -2.39. The molecule has 0 aromatic carbocycles. The van der Waals surface area contributed by atoms with E-state index in [-0.39, 0.29) is 17.9 Å². The summed E-state index contributed by atoms with van der Waals surface area (Å²) in [5.74, 6) is -1.30. The second-order valence-corrected chi connectivity index (χ2v) is 6.13. The molecule has 6 heteroatoms. The highest BCUT2D eigenvalue weighted by molar-refractivity contribution is 5.75. The molecule has 4 N–H and O–H groups in total. The van der Waals surface area contributed by atoms with Gasteiger partial charge in [0.2, 0.25) is 5.91 Å². The van der Waals surface area contributed by atoms with Gasteiger partial charge in [-0.25, -0.2) is 0 Å². The average Bonchev–Trinajstić information content (AvgIpc) is 2.89. The monoisotopic (exact) mass is 324 g/mol. The number of rotatable bonds is 8. The Hall–Kier alpha value is -1.66. The van der Waals surface area contributed by atoms with Crippen molar-refractivity contribution < 1.29 is 19.8 Å². The minimum Gasteiger partial charge on any atom is -0.480 e. The molecule has 0 bridgehead atoms. The Morgan fingerprint density at radius 1 is 1.52 bits per heavy atom. The standard InChI is InChI=1S/C17H28N2O4/c1-5-8-12-10-13(16(21)22)19-14(12)15(18-11(4)20)17(23,7-3)9-6-2/h5,7-8,12-15,19,23H,3,6,9-10H2,1-2,4H3,(H,18,20)(H,21,22)/b8-5-/t12-,13-,14-,15-,17+/m1/s1. The molecule has 0 saturated carbocycles. The Morgan fingerprint density at radius 2 is 2.17 bits per heavy atom. The van der Waals surface area contributed by atoms with Gasteiger partial charge < -0.3 is 15.5 Å². The van der Waals surface area contributed by atoms with Crippen LogP contribution < -0.4 is 10.6 Å². The van der Waals surface area contributed by atoms with E-state index in [1.165, 1.54) is 13.0 Å². The van der Waals surface area contributed by atoms with Crippen LogP contribution in [0.3, 0.4) is 0 Å². The smallest absolute Gasteiger partial charge is 0.320 e. The van der Waals surface area contributed by atoms with Crippen molar-refractivity contribution in [1.82, 2.24) is 10.6 Å². The van der Waals surface area contributed by atoms with Gasteiger partial charge in [0.05, 0.1) is 6.04 Å². The quantitative estimate of drug-likeness (QED) is 0.503. The number of hydrogen-bond donors (Lipinski definition) is 4. The molecule has 1 aliphatic heterocycles. The number of carboxylic acid groups (broad SMARTS) is 1. The number of nitrogens with one attached hydrogen (secondary N) is 2. The fourth-order valence-corrected chi connectivity index (χ4v) is 3.33. The van der Waals surface area contributed by atoms with Gasteiger partial charge in [0, 0.05) is 13.0 Å². The zero-order valence-electron chi connectivity index (χ0n) is 14.1. The molecular formula is C17H28N2O4. The van der Waals surface area contributed by atoms with Crippen molar-refractivity contribution in [2.75, 3.05) is 0 Å². The first-order chi connectivity index (χ1) is 10.8. The van der Waals surface area contributed by atoms with E-state index < -0.39 is 23.7 Å². The second kappa shape index (κ2) is 8.26. The predicted octanol–water partition coefficient (Wildman–Crippen LogP) is 1.22. The largest absolute Gasteiger partial charge is 0.480 e. The van der Waals surface area contributed by atoms with Gasteiger partial charge in [-0.15, -0.1) is 6.58 Å². The van der Waals surface area contributed by atoms with Crippen LogP contribution in [0.4, 0.5) is 0 Å². The first kappa shape index (κ1) is 19.4. The molecule has 0 aliphatic carbocycles. The third-order valence-corrected chi connectivity index (χ3v) is 4.36. The van der Waals surface area contributed by atoms with Crippen molar-refractivity contribution in [1.29, 1.82) is 0 Å². The predicted molar refractivity (Wildman–Crippen MR) is 88.9 cm³/mol. The van der Waals surface area contributed by atoms with E-state index in [9.17, 15) is 19.8 Å². The number of carbonyl (C=O) groups is 2. The summed E-state index contributed by atoms with van der Waals surface area (Å²) in [5, 5.41) is 26.1. The number of carboxylic acids is 1. The Labute approximate surface area is 137 Å². The van der Waals surface area contributed by atoms with Crippen molar-refractivity contribution in [3.63, 3.8) is 0 Å². The third kappa shape index (κ3) is 4.65. The fourth-order valence-electron chi connectivity index (χ4n) is 3.33. The molecule has 0 unspecified atom stereocenters. The molecule has 130 valence electrons. The number of amides is 1. The zero-order chi connectivity index (χ0) is 17.6. The minimum atomic E-state index is -1.30. The Bertz CT molecular complexity index is 477.